The number of furan rings is 1. The van der Waals surface area contributed by atoms with Crippen molar-refractivity contribution in [1.82, 2.24) is 15.6 Å². The molecule has 2 heterocycles. The molecule has 2 rings (SSSR count). The van der Waals surface area contributed by atoms with E-state index >= 15 is 0 Å². The predicted molar refractivity (Wildman–Crippen MR) is 78.3 cm³/mol. The van der Waals surface area contributed by atoms with E-state index in [9.17, 15) is 18.0 Å². The molecule has 22 heavy (non-hydrogen) atoms. The molecule has 0 saturated carbocycles. The number of hydrazine groups is 1. The number of nitrogens with one attached hydrogen (secondary N) is 3. The summed E-state index contributed by atoms with van der Waals surface area (Å²) in [5.41, 5.74) is 2.05. The first-order valence-corrected chi connectivity index (χ1v) is 8.37. The summed E-state index contributed by atoms with van der Waals surface area (Å²) < 4.78 is 28.9. The van der Waals surface area contributed by atoms with Gasteiger partial charge in [-0.15, -0.1) is 16.2 Å². The molecule has 0 aliphatic heterocycles. The van der Waals surface area contributed by atoms with Crippen molar-refractivity contribution >= 4 is 33.2 Å². The Labute approximate surface area is 130 Å². The van der Waals surface area contributed by atoms with Crippen LogP contribution >= 0.6 is 11.3 Å². The van der Waals surface area contributed by atoms with Gasteiger partial charge in [0.25, 0.3) is 10.0 Å². The first kappa shape index (κ1) is 16.2. The lowest BCUT2D eigenvalue weighted by molar-refractivity contribution is -0.119. The van der Waals surface area contributed by atoms with Crippen LogP contribution in [0.3, 0.4) is 0 Å². The van der Waals surface area contributed by atoms with E-state index in [4.69, 9.17) is 4.42 Å². The lowest BCUT2D eigenvalue weighted by atomic mass is 10.4. The molecular formula is C12H13N3O5S2. The molecule has 0 aliphatic carbocycles. The average molecular weight is 343 g/mol. The number of amides is 2. The fourth-order valence-corrected chi connectivity index (χ4v) is 3.58. The van der Waals surface area contributed by atoms with Crippen molar-refractivity contribution in [2.45, 2.75) is 17.7 Å². The highest BCUT2D eigenvalue weighted by Gasteiger charge is 2.19. The average Bonchev–Trinajstić information content (AvgIpc) is 3.13. The van der Waals surface area contributed by atoms with Gasteiger partial charge in [0, 0.05) is 11.8 Å². The Morgan fingerprint density at radius 1 is 1.27 bits per heavy atom. The Bertz CT molecular complexity index is 765. The fourth-order valence-electron chi connectivity index (χ4n) is 1.44. The van der Waals surface area contributed by atoms with Crippen LogP contribution in [-0.4, -0.2) is 20.2 Å². The summed E-state index contributed by atoms with van der Waals surface area (Å²) in [6.45, 7) is 1.62. The quantitative estimate of drug-likeness (QED) is 0.664. The number of thiophene rings is 1. The predicted octanol–water partition coefficient (Wildman–Crippen LogP) is 0.601. The van der Waals surface area contributed by atoms with Gasteiger partial charge in [-0.3, -0.25) is 15.0 Å². The van der Waals surface area contributed by atoms with Gasteiger partial charge in [0.1, 0.15) is 4.21 Å². The van der Waals surface area contributed by atoms with Crippen LogP contribution in [0.2, 0.25) is 0 Å². The maximum Gasteiger partial charge on any atom is 0.301 e. The van der Waals surface area contributed by atoms with E-state index in [1.807, 2.05) is 10.3 Å². The minimum atomic E-state index is -3.88. The number of carbonyl (C=O) groups is 2. The summed E-state index contributed by atoms with van der Waals surface area (Å²) in [5.74, 6) is -0.925. The Kier molecular flexibility index (Phi) is 4.96. The molecule has 0 bridgehead atoms. The second-order valence-electron chi connectivity index (χ2n) is 4.17. The van der Waals surface area contributed by atoms with Gasteiger partial charge in [-0.2, -0.15) is 0 Å². The third kappa shape index (κ3) is 4.16. The zero-order valence-electron chi connectivity index (χ0n) is 11.5. The number of hydrogen-bond acceptors (Lipinski definition) is 6. The van der Waals surface area contributed by atoms with E-state index in [-0.39, 0.29) is 22.4 Å². The van der Waals surface area contributed by atoms with Crippen molar-refractivity contribution in [2.24, 2.45) is 0 Å². The number of rotatable bonds is 6. The largest absolute Gasteiger partial charge is 0.459 e. The molecule has 8 nitrogen and oxygen atoms in total. The molecule has 0 aliphatic rings. The van der Waals surface area contributed by atoms with Crippen LogP contribution in [-0.2, 0) is 21.4 Å². The van der Waals surface area contributed by atoms with Crippen LogP contribution in [0, 0.1) is 0 Å². The zero-order valence-corrected chi connectivity index (χ0v) is 13.1. The third-order valence-electron chi connectivity index (χ3n) is 2.46. The molecule has 0 atom stereocenters. The van der Waals surface area contributed by atoms with Gasteiger partial charge in [-0.1, -0.05) is 0 Å². The first-order chi connectivity index (χ1) is 10.4. The summed E-state index contributed by atoms with van der Waals surface area (Å²) in [6.07, 6.45) is 1.30. The monoisotopic (exact) mass is 343 g/mol. The molecule has 3 N–H and O–H groups in total. The van der Waals surface area contributed by atoms with E-state index in [0.29, 0.717) is 4.88 Å². The summed E-state index contributed by atoms with van der Waals surface area (Å²) in [7, 11) is -3.88. The van der Waals surface area contributed by atoms with Crippen LogP contribution in [0.5, 0.6) is 0 Å². The highest BCUT2D eigenvalue weighted by molar-refractivity contribution is 7.91. The highest BCUT2D eigenvalue weighted by Crippen LogP contribution is 2.21. The first-order valence-electron chi connectivity index (χ1n) is 6.07. The second kappa shape index (κ2) is 6.73. The summed E-state index contributed by atoms with van der Waals surface area (Å²) in [5, 5.41) is 2.57. The normalized spacial score (nSPS) is 11.1. The van der Waals surface area contributed by atoms with Crippen LogP contribution in [0.4, 0.5) is 0 Å². The molecule has 0 spiro atoms. The Morgan fingerprint density at radius 3 is 2.68 bits per heavy atom. The van der Waals surface area contributed by atoms with E-state index in [1.165, 1.54) is 31.4 Å². The van der Waals surface area contributed by atoms with Crippen molar-refractivity contribution in [3.8, 4) is 0 Å². The van der Waals surface area contributed by atoms with Crippen molar-refractivity contribution < 1.29 is 22.4 Å². The molecular weight excluding hydrogens is 330 g/mol. The maximum absolute atomic E-state index is 12.0. The van der Waals surface area contributed by atoms with Crippen molar-refractivity contribution in [3.63, 3.8) is 0 Å². The van der Waals surface area contributed by atoms with Gasteiger partial charge < -0.3 is 9.73 Å². The molecule has 10 heteroatoms. The summed E-state index contributed by atoms with van der Waals surface area (Å²) >= 11 is 0.991. The van der Waals surface area contributed by atoms with Crippen molar-refractivity contribution in [1.29, 1.82) is 0 Å². The minimum Gasteiger partial charge on any atom is -0.459 e. The molecule has 0 aromatic carbocycles. The highest BCUT2D eigenvalue weighted by atomic mass is 32.2. The Hall–Kier alpha value is -2.17. The summed E-state index contributed by atoms with van der Waals surface area (Å²) in [4.78, 5) is 25.1. The van der Waals surface area contributed by atoms with E-state index in [0.717, 1.165) is 11.3 Å². The number of carbonyl (C=O) groups excluding carboxylic acids is 2. The smallest absolute Gasteiger partial charge is 0.301 e. The molecule has 0 unspecified atom stereocenters. The zero-order chi connectivity index (χ0) is 16.2. The van der Waals surface area contributed by atoms with Crippen molar-refractivity contribution in [2.75, 3.05) is 0 Å². The van der Waals surface area contributed by atoms with E-state index in [2.05, 4.69) is 5.32 Å². The fraction of sp³-hybridized carbons (Fsp3) is 0.167. The van der Waals surface area contributed by atoms with E-state index < -0.39 is 15.9 Å². The van der Waals surface area contributed by atoms with Crippen LogP contribution in [0.1, 0.15) is 22.4 Å². The van der Waals surface area contributed by atoms with E-state index in [1.54, 1.807) is 6.07 Å². The van der Waals surface area contributed by atoms with Crippen LogP contribution < -0.4 is 15.6 Å². The van der Waals surface area contributed by atoms with Crippen LogP contribution in [0.25, 0.3) is 0 Å². The van der Waals surface area contributed by atoms with Gasteiger partial charge in [-0.05, 0) is 24.3 Å². The van der Waals surface area contributed by atoms with Gasteiger partial charge in [-0.25, -0.2) is 8.42 Å². The Morgan fingerprint density at radius 2 is 2.05 bits per heavy atom. The number of hydrogen-bond donors (Lipinski definition) is 3. The second-order valence-corrected chi connectivity index (χ2v) is 7.24. The standard InChI is InChI=1S/C12H13N3O5S2/c1-8(16)13-7-9-4-5-11(21-9)22(18,19)15-14-12(17)10-3-2-6-20-10/h2-6,15H,7H2,1H3,(H,13,16)(H,14,17). The molecule has 0 saturated heterocycles. The van der Waals surface area contributed by atoms with Gasteiger partial charge in [0.15, 0.2) is 5.76 Å². The molecule has 2 amide bonds. The van der Waals surface area contributed by atoms with Gasteiger partial charge in [0.05, 0.1) is 12.8 Å². The topological polar surface area (TPSA) is 118 Å². The molecule has 2 aromatic heterocycles. The molecule has 118 valence electrons. The minimum absolute atomic E-state index is 0.0137. The molecule has 2 aromatic rings. The third-order valence-corrected chi connectivity index (χ3v) is 5.28. The number of sulfonamides is 1. The van der Waals surface area contributed by atoms with Gasteiger partial charge >= 0.3 is 5.91 Å². The maximum atomic E-state index is 12.0. The Balaban J connectivity index is 1.98. The van der Waals surface area contributed by atoms with Crippen LogP contribution in [0.15, 0.2) is 39.2 Å². The molecule has 0 radical (unpaired) electrons. The lowest BCUT2D eigenvalue weighted by Crippen LogP contribution is -2.41. The van der Waals surface area contributed by atoms with Crippen molar-refractivity contribution in [3.05, 3.63) is 41.2 Å². The lowest BCUT2D eigenvalue weighted by Gasteiger charge is -2.05. The summed E-state index contributed by atoms with van der Waals surface area (Å²) in [6, 6.07) is 5.89. The SMILES string of the molecule is CC(=O)NCc1ccc(S(=O)(=O)NNC(=O)c2ccco2)s1. The van der Waals surface area contributed by atoms with Gasteiger partial charge in [0.2, 0.25) is 5.91 Å². The molecule has 0 fully saturated rings.